The molecule has 1 fully saturated rings. The van der Waals surface area contributed by atoms with E-state index in [1.54, 1.807) is 0 Å². The molecule has 3 aliphatic carbocycles. The summed E-state index contributed by atoms with van der Waals surface area (Å²) in [6.07, 6.45) is 0.624. The Bertz CT molecular complexity index is 1250. The van der Waals surface area contributed by atoms with Gasteiger partial charge in [-0.15, -0.1) is 0 Å². The fourth-order valence-electron chi connectivity index (χ4n) is 5.95. The zero-order chi connectivity index (χ0) is 27.4. The molecule has 10 nitrogen and oxygen atoms in total. The highest BCUT2D eigenvalue weighted by molar-refractivity contribution is 6.23. The Morgan fingerprint density at radius 1 is 1.22 bits per heavy atom. The highest BCUT2D eigenvalue weighted by Gasteiger charge is 2.60. The van der Waals surface area contributed by atoms with Gasteiger partial charge in [0.15, 0.2) is 17.2 Å². The first kappa shape index (κ1) is 26.8. The van der Waals surface area contributed by atoms with Crippen LogP contribution < -0.4 is 10.2 Å². The van der Waals surface area contributed by atoms with Crippen molar-refractivity contribution in [3.63, 3.8) is 0 Å². The van der Waals surface area contributed by atoms with E-state index in [4.69, 9.17) is 0 Å². The minimum atomic E-state index is -2.51. The van der Waals surface area contributed by atoms with Gasteiger partial charge in [0.05, 0.1) is 5.56 Å². The second-order valence-corrected chi connectivity index (χ2v) is 10.5. The molecule has 0 amide bonds. The Labute approximate surface area is 214 Å². The Balaban J connectivity index is 1.87. The molecule has 1 unspecified atom stereocenters. The third kappa shape index (κ3) is 4.13. The highest BCUT2D eigenvalue weighted by Crippen LogP contribution is 2.53. The number of hydrogen-bond donors (Lipinski definition) is 6. The molecule has 1 aromatic carbocycles. The number of allylic oxidation sites excluding steroid dienone is 1. The van der Waals surface area contributed by atoms with E-state index in [2.05, 4.69) is 5.32 Å². The first-order valence-electron chi connectivity index (χ1n) is 12.4. The van der Waals surface area contributed by atoms with Crippen LogP contribution in [0.3, 0.4) is 0 Å². The molecule has 6 N–H and O–H groups in total. The van der Waals surface area contributed by atoms with E-state index in [0.717, 1.165) is 12.6 Å². The van der Waals surface area contributed by atoms with Gasteiger partial charge in [0, 0.05) is 62.5 Å². The Kier molecular flexibility index (Phi) is 6.96. The van der Waals surface area contributed by atoms with Gasteiger partial charge in [0.2, 0.25) is 5.78 Å². The summed E-state index contributed by atoms with van der Waals surface area (Å²) in [5.74, 6) is -5.52. The number of aliphatic hydroxyl groups is 4. The number of Topliss-reactive ketones (excluding diaryl/α,β-unsaturated/α-hetero) is 3. The van der Waals surface area contributed by atoms with Crippen LogP contribution in [-0.4, -0.2) is 75.2 Å². The number of nitrogens with one attached hydrogen (secondary N) is 1. The summed E-state index contributed by atoms with van der Waals surface area (Å²) in [6.45, 7) is 3.21. The lowest BCUT2D eigenvalue weighted by atomic mass is 9.59. The van der Waals surface area contributed by atoms with E-state index in [9.17, 15) is 39.9 Å². The Morgan fingerprint density at radius 3 is 2.49 bits per heavy atom. The van der Waals surface area contributed by atoms with Crippen molar-refractivity contribution in [3.8, 4) is 5.75 Å². The van der Waals surface area contributed by atoms with Crippen LogP contribution in [0.15, 0.2) is 23.0 Å². The number of rotatable bonds is 7. The van der Waals surface area contributed by atoms with Gasteiger partial charge in [0.1, 0.15) is 22.8 Å². The third-order valence-electron chi connectivity index (χ3n) is 7.91. The largest absolute Gasteiger partial charge is 0.508 e. The number of aliphatic hydroxyl groups excluding tert-OH is 3. The van der Waals surface area contributed by atoms with E-state index in [0.29, 0.717) is 17.5 Å². The van der Waals surface area contributed by atoms with Gasteiger partial charge in [0.25, 0.3) is 0 Å². The zero-order valence-electron chi connectivity index (χ0n) is 21.5. The maximum Gasteiger partial charge on any atom is 0.202 e. The van der Waals surface area contributed by atoms with Crippen LogP contribution in [0.5, 0.6) is 5.75 Å². The number of carbonyl (C=O) groups is 3. The summed E-state index contributed by atoms with van der Waals surface area (Å²) < 4.78 is 0. The molecular formula is C27H34N2O8. The van der Waals surface area contributed by atoms with Crippen molar-refractivity contribution in [1.82, 2.24) is 5.32 Å². The first-order valence-corrected chi connectivity index (χ1v) is 12.4. The fraction of sp³-hybridized carbons (Fsp3) is 0.519. The molecule has 200 valence electrons. The highest BCUT2D eigenvalue weighted by atomic mass is 16.3. The van der Waals surface area contributed by atoms with Crippen molar-refractivity contribution >= 4 is 28.8 Å². The summed E-state index contributed by atoms with van der Waals surface area (Å²) >= 11 is 0. The monoisotopic (exact) mass is 514 g/mol. The SMILES string of the molecule is CC(=O)C1=C(O)[C@@]2(O)C(=O)C3=C(O)c4c(O)c(CNC(C)CCO)cc(N(C)C)c4C[C@H]3C[C@H]2CC1=O. The molecular weight excluding hydrogens is 480 g/mol. The molecule has 1 saturated carbocycles. The average molecular weight is 515 g/mol. The quantitative estimate of drug-likeness (QED) is 0.293. The number of nitrogens with zero attached hydrogens (tertiary/aromatic N) is 1. The van der Waals surface area contributed by atoms with Crippen LogP contribution >= 0.6 is 0 Å². The molecule has 0 aromatic heterocycles. The average Bonchev–Trinajstić information content (AvgIpc) is 2.80. The van der Waals surface area contributed by atoms with Gasteiger partial charge in [-0.25, -0.2) is 0 Å². The van der Waals surface area contributed by atoms with Gasteiger partial charge >= 0.3 is 0 Å². The molecule has 0 saturated heterocycles. The lowest BCUT2D eigenvalue weighted by molar-refractivity contribution is -0.147. The summed E-state index contributed by atoms with van der Waals surface area (Å²) in [6, 6.07) is 1.77. The third-order valence-corrected chi connectivity index (χ3v) is 7.91. The number of carbonyl (C=O) groups excluding carboxylic acids is 3. The minimum Gasteiger partial charge on any atom is -0.508 e. The smallest absolute Gasteiger partial charge is 0.202 e. The number of ketones is 3. The van der Waals surface area contributed by atoms with Crippen molar-refractivity contribution in [2.45, 2.75) is 57.7 Å². The maximum atomic E-state index is 13.7. The number of phenolic OH excluding ortho intramolecular Hbond substituents is 1. The molecule has 10 heteroatoms. The van der Waals surface area contributed by atoms with Crippen LogP contribution in [0.1, 0.15) is 49.8 Å². The molecule has 37 heavy (non-hydrogen) atoms. The molecule has 0 bridgehead atoms. The molecule has 1 aromatic rings. The second-order valence-electron chi connectivity index (χ2n) is 10.5. The molecule has 4 atom stereocenters. The van der Waals surface area contributed by atoms with Crippen molar-refractivity contribution in [2.24, 2.45) is 11.8 Å². The standard InChI is InChI=1S/C27H34N2O8/c1-12(5-6-30)28-11-15-9-18(29(3)4)17-8-14-7-16-10-19(32)20(13(2)31)25(35)27(16,37)26(36)21(14)24(34)22(17)23(15)33/h9,12,14,16,28,30,33-35,37H,5-8,10-11H2,1-4H3/t12?,14-,16+,27-/m1/s1. The number of anilines is 1. The summed E-state index contributed by atoms with van der Waals surface area (Å²) in [5, 5.41) is 57.2. The van der Waals surface area contributed by atoms with Gasteiger partial charge < -0.3 is 35.7 Å². The van der Waals surface area contributed by atoms with E-state index in [-0.39, 0.29) is 55.3 Å². The number of fused-ring (bicyclic) bond motifs is 3. The van der Waals surface area contributed by atoms with Crippen LogP contribution in [0.2, 0.25) is 0 Å². The molecule has 0 radical (unpaired) electrons. The minimum absolute atomic E-state index is 0.00576. The summed E-state index contributed by atoms with van der Waals surface area (Å²) in [4.78, 5) is 40.1. The van der Waals surface area contributed by atoms with Gasteiger partial charge in [-0.1, -0.05) is 0 Å². The maximum absolute atomic E-state index is 13.7. The predicted octanol–water partition coefficient (Wildman–Crippen LogP) is 1.45. The van der Waals surface area contributed by atoms with Crippen LogP contribution in [0.25, 0.3) is 5.76 Å². The van der Waals surface area contributed by atoms with Crippen molar-refractivity contribution in [1.29, 1.82) is 0 Å². The fourth-order valence-corrected chi connectivity index (χ4v) is 5.95. The van der Waals surface area contributed by atoms with Crippen LogP contribution in [0.4, 0.5) is 5.69 Å². The van der Waals surface area contributed by atoms with Gasteiger partial charge in [-0.2, -0.15) is 0 Å². The van der Waals surface area contributed by atoms with Crippen molar-refractivity contribution in [3.05, 3.63) is 39.7 Å². The molecule has 0 heterocycles. The molecule has 0 aliphatic heterocycles. The number of phenols is 1. The first-order chi connectivity index (χ1) is 17.3. The summed E-state index contributed by atoms with van der Waals surface area (Å²) in [7, 11) is 3.65. The number of aromatic hydroxyl groups is 1. The van der Waals surface area contributed by atoms with Crippen LogP contribution in [-0.2, 0) is 27.3 Å². The lowest BCUT2D eigenvalue weighted by Gasteiger charge is -2.46. The second kappa shape index (κ2) is 9.59. The van der Waals surface area contributed by atoms with E-state index in [1.807, 2.05) is 32.0 Å². The number of hydrogen-bond acceptors (Lipinski definition) is 10. The topological polar surface area (TPSA) is 168 Å². The van der Waals surface area contributed by atoms with Crippen molar-refractivity contribution < 1.29 is 39.9 Å². The summed E-state index contributed by atoms with van der Waals surface area (Å²) in [5.41, 5.74) is -1.31. The van der Waals surface area contributed by atoms with E-state index in [1.165, 1.54) is 0 Å². The molecule has 4 rings (SSSR count). The normalized spacial score (nSPS) is 26.0. The number of benzene rings is 1. The van der Waals surface area contributed by atoms with Gasteiger partial charge in [-0.3, -0.25) is 14.4 Å². The predicted molar refractivity (Wildman–Crippen MR) is 135 cm³/mol. The lowest BCUT2D eigenvalue weighted by Crippen LogP contribution is -2.57. The van der Waals surface area contributed by atoms with E-state index < -0.39 is 51.9 Å². The van der Waals surface area contributed by atoms with Crippen LogP contribution in [0, 0.1) is 11.8 Å². The Morgan fingerprint density at radius 2 is 1.89 bits per heavy atom. The molecule has 0 spiro atoms. The Hall–Kier alpha value is -3.21. The van der Waals surface area contributed by atoms with E-state index >= 15 is 0 Å². The molecule has 3 aliphatic rings. The zero-order valence-corrected chi connectivity index (χ0v) is 21.5. The van der Waals surface area contributed by atoms with Crippen molar-refractivity contribution in [2.75, 3.05) is 25.6 Å². The van der Waals surface area contributed by atoms with Gasteiger partial charge in [-0.05, 0) is 50.7 Å².